The standard InChI is InChI=1S/C13H17NO4S/c15-13(12-4-2-1-3-5-12)18-9-6-14-7-10-19(16,17)11-8-14/h1-5H,6-11H2. The molecule has 1 aromatic carbocycles. The van der Waals surface area contributed by atoms with Crippen LogP contribution in [-0.4, -0.2) is 57.0 Å². The maximum atomic E-state index is 11.7. The van der Waals surface area contributed by atoms with Gasteiger partial charge in [-0.2, -0.15) is 0 Å². The van der Waals surface area contributed by atoms with E-state index < -0.39 is 9.84 Å². The fourth-order valence-electron chi connectivity index (χ4n) is 1.90. The van der Waals surface area contributed by atoms with E-state index >= 15 is 0 Å². The Morgan fingerprint density at radius 1 is 1.16 bits per heavy atom. The molecule has 0 radical (unpaired) electrons. The number of esters is 1. The topological polar surface area (TPSA) is 63.7 Å². The summed E-state index contributed by atoms with van der Waals surface area (Å²) in [6.07, 6.45) is 0. The minimum absolute atomic E-state index is 0.194. The van der Waals surface area contributed by atoms with Crippen molar-refractivity contribution in [2.45, 2.75) is 0 Å². The van der Waals surface area contributed by atoms with Crippen LogP contribution in [0.15, 0.2) is 30.3 Å². The zero-order chi connectivity index (χ0) is 13.7. The second-order valence-corrected chi connectivity index (χ2v) is 6.80. The van der Waals surface area contributed by atoms with E-state index in [1.165, 1.54) is 0 Å². The number of carbonyl (C=O) groups is 1. The number of rotatable bonds is 4. The van der Waals surface area contributed by atoms with E-state index in [0.29, 0.717) is 25.2 Å². The molecular weight excluding hydrogens is 266 g/mol. The SMILES string of the molecule is O=C(OCCN1CCS(=O)(=O)CC1)c1ccccc1. The summed E-state index contributed by atoms with van der Waals surface area (Å²) in [5.41, 5.74) is 0.531. The quantitative estimate of drug-likeness (QED) is 0.756. The van der Waals surface area contributed by atoms with Gasteiger partial charge in [-0.3, -0.25) is 4.90 Å². The van der Waals surface area contributed by atoms with Crippen molar-refractivity contribution >= 4 is 15.8 Å². The van der Waals surface area contributed by atoms with Crippen molar-refractivity contribution in [3.63, 3.8) is 0 Å². The molecule has 0 spiro atoms. The molecule has 0 N–H and O–H groups in total. The first-order valence-electron chi connectivity index (χ1n) is 6.22. The molecule has 1 saturated heterocycles. The predicted molar refractivity (Wildman–Crippen MR) is 71.8 cm³/mol. The number of carbonyl (C=O) groups excluding carboxylic acids is 1. The number of hydrogen-bond acceptors (Lipinski definition) is 5. The van der Waals surface area contributed by atoms with E-state index in [0.717, 1.165) is 0 Å². The zero-order valence-corrected chi connectivity index (χ0v) is 11.4. The van der Waals surface area contributed by atoms with E-state index in [-0.39, 0.29) is 24.1 Å². The Labute approximate surface area is 113 Å². The van der Waals surface area contributed by atoms with E-state index in [9.17, 15) is 13.2 Å². The van der Waals surface area contributed by atoms with Crippen molar-refractivity contribution in [2.75, 3.05) is 37.7 Å². The van der Waals surface area contributed by atoms with Gasteiger partial charge in [0.05, 0.1) is 17.1 Å². The van der Waals surface area contributed by atoms with Crippen LogP contribution in [0.1, 0.15) is 10.4 Å². The highest BCUT2D eigenvalue weighted by molar-refractivity contribution is 7.91. The van der Waals surface area contributed by atoms with Gasteiger partial charge in [-0.25, -0.2) is 13.2 Å². The molecule has 1 fully saturated rings. The largest absolute Gasteiger partial charge is 0.461 e. The normalized spacial score (nSPS) is 18.9. The molecule has 5 nitrogen and oxygen atoms in total. The third kappa shape index (κ3) is 4.33. The van der Waals surface area contributed by atoms with Crippen LogP contribution in [0.2, 0.25) is 0 Å². The predicted octanol–water partition coefficient (Wildman–Crippen LogP) is 0.574. The Morgan fingerprint density at radius 3 is 2.42 bits per heavy atom. The summed E-state index contributed by atoms with van der Waals surface area (Å²) < 4.78 is 27.7. The highest BCUT2D eigenvalue weighted by Gasteiger charge is 2.21. The third-order valence-electron chi connectivity index (χ3n) is 3.09. The molecule has 6 heteroatoms. The van der Waals surface area contributed by atoms with Crippen LogP contribution in [0.25, 0.3) is 0 Å². The van der Waals surface area contributed by atoms with Gasteiger partial charge in [-0.1, -0.05) is 18.2 Å². The van der Waals surface area contributed by atoms with Gasteiger partial charge in [0.1, 0.15) is 6.61 Å². The Balaban J connectivity index is 1.71. The first-order chi connectivity index (χ1) is 9.07. The van der Waals surface area contributed by atoms with Gasteiger partial charge < -0.3 is 4.74 Å². The lowest BCUT2D eigenvalue weighted by Gasteiger charge is -2.26. The summed E-state index contributed by atoms with van der Waals surface area (Å²) in [6.45, 7) is 1.90. The summed E-state index contributed by atoms with van der Waals surface area (Å²) in [4.78, 5) is 13.7. The van der Waals surface area contributed by atoms with Crippen molar-refractivity contribution in [3.05, 3.63) is 35.9 Å². The summed E-state index contributed by atoms with van der Waals surface area (Å²) in [5, 5.41) is 0. The highest BCUT2D eigenvalue weighted by Crippen LogP contribution is 2.04. The average molecular weight is 283 g/mol. The van der Waals surface area contributed by atoms with Crippen molar-refractivity contribution < 1.29 is 17.9 Å². The van der Waals surface area contributed by atoms with E-state index in [1.807, 2.05) is 11.0 Å². The molecule has 0 bridgehead atoms. The molecule has 0 amide bonds. The number of hydrogen-bond donors (Lipinski definition) is 0. The van der Waals surface area contributed by atoms with E-state index in [1.54, 1.807) is 24.3 Å². The number of nitrogens with zero attached hydrogens (tertiary/aromatic N) is 1. The minimum atomic E-state index is -2.85. The zero-order valence-electron chi connectivity index (χ0n) is 10.6. The average Bonchev–Trinajstić information content (AvgIpc) is 2.41. The summed E-state index contributed by atoms with van der Waals surface area (Å²) in [5.74, 6) is 0.0458. The van der Waals surface area contributed by atoms with Crippen molar-refractivity contribution in [1.82, 2.24) is 4.90 Å². The van der Waals surface area contributed by atoms with Crippen molar-refractivity contribution in [2.24, 2.45) is 0 Å². The minimum Gasteiger partial charge on any atom is -0.461 e. The van der Waals surface area contributed by atoms with Gasteiger partial charge in [-0.05, 0) is 12.1 Å². The second-order valence-electron chi connectivity index (χ2n) is 4.50. The van der Waals surface area contributed by atoms with Crippen LogP contribution >= 0.6 is 0 Å². The van der Waals surface area contributed by atoms with Crippen LogP contribution in [0.4, 0.5) is 0 Å². The van der Waals surface area contributed by atoms with Crippen LogP contribution in [0, 0.1) is 0 Å². The van der Waals surface area contributed by atoms with Crippen LogP contribution < -0.4 is 0 Å². The fraction of sp³-hybridized carbons (Fsp3) is 0.462. The van der Waals surface area contributed by atoms with Crippen LogP contribution in [0.5, 0.6) is 0 Å². The molecule has 0 atom stereocenters. The molecule has 1 aromatic rings. The van der Waals surface area contributed by atoms with Gasteiger partial charge in [0.15, 0.2) is 9.84 Å². The first-order valence-corrected chi connectivity index (χ1v) is 8.04. The number of sulfone groups is 1. The summed E-state index contributed by atoms with van der Waals surface area (Å²) in [7, 11) is -2.85. The molecule has 0 aromatic heterocycles. The highest BCUT2D eigenvalue weighted by atomic mass is 32.2. The second kappa shape index (κ2) is 6.16. The monoisotopic (exact) mass is 283 g/mol. The lowest BCUT2D eigenvalue weighted by Crippen LogP contribution is -2.41. The van der Waals surface area contributed by atoms with E-state index in [4.69, 9.17) is 4.74 Å². The smallest absolute Gasteiger partial charge is 0.338 e. The first kappa shape index (κ1) is 14.0. The molecular formula is C13H17NO4S. The summed E-state index contributed by atoms with van der Waals surface area (Å²) >= 11 is 0. The Morgan fingerprint density at radius 2 is 1.79 bits per heavy atom. The Hall–Kier alpha value is -1.40. The Bertz CT molecular complexity index is 513. The molecule has 0 unspecified atom stereocenters. The van der Waals surface area contributed by atoms with Gasteiger partial charge in [0.2, 0.25) is 0 Å². The molecule has 1 aliphatic rings. The van der Waals surface area contributed by atoms with Gasteiger partial charge >= 0.3 is 5.97 Å². The fourth-order valence-corrected chi connectivity index (χ4v) is 3.18. The lowest BCUT2D eigenvalue weighted by atomic mass is 10.2. The molecule has 2 rings (SSSR count). The van der Waals surface area contributed by atoms with Crippen LogP contribution in [0.3, 0.4) is 0 Å². The molecule has 0 aliphatic carbocycles. The number of ether oxygens (including phenoxy) is 1. The van der Waals surface area contributed by atoms with Gasteiger partial charge in [-0.15, -0.1) is 0 Å². The molecule has 1 heterocycles. The van der Waals surface area contributed by atoms with Gasteiger partial charge in [0, 0.05) is 19.6 Å². The molecule has 0 saturated carbocycles. The van der Waals surface area contributed by atoms with E-state index in [2.05, 4.69) is 0 Å². The van der Waals surface area contributed by atoms with Gasteiger partial charge in [0.25, 0.3) is 0 Å². The third-order valence-corrected chi connectivity index (χ3v) is 4.70. The Kier molecular flexibility index (Phi) is 4.55. The molecule has 1 aliphatic heterocycles. The summed E-state index contributed by atoms with van der Waals surface area (Å²) in [6, 6.07) is 8.81. The van der Waals surface area contributed by atoms with Crippen LogP contribution in [-0.2, 0) is 14.6 Å². The molecule has 104 valence electrons. The number of benzene rings is 1. The lowest BCUT2D eigenvalue weighted by molar-refractivity contribution is 0.0465. The van der Waals surface area contributed by atoms with Crippen molar-refractivity contribution in [1.29, 1.82) is 0 Å². The van der Waals surface area contributed by atoms with Crippen molar-refractivity contribution in [3.8, 4) is 0 Å². The molecule has 19 heavy (non-hydrogen) atoms. The maximum Gasteiger partial charge on any atom is 0.338 e. The maximum absolute atomic E-state index is 11.7.